The van der Waals surface area contributed by atoms with E-state index < -0.39 is 0 Å². The fraction of sp³-hybridized carbons (Fsp3) is 0.500. The molecule has 0 atom stereocenters. The van der Waals surface area contributed by atoms with Crippen LogP contribution in [0.15, 0.2) is 25.3 Å². The lowest BCUT2D eigenvalue weighted by Crippen LogP contribution is -2.00. The SMILES string of the molecule is C=CC=C.O=C1CCCCCO1. The minimum atomic E-state index is -0.0255. The lowest BCUT2D eigenvalue weighted by Gasteiger charge is -1.93. The number of ether oxygens (including phenoxy) is 1. The molecular formula is C10H16O2. The zero-order chi connectivity index (χ0) is 9.23. The number of rotatable bonds is 1. The third kappa shape index (κ3) is 7.06. The summed E-state index contributed by atoms with van der Waals surface area (Å²) in [6.07, 6.45) is 7.11. The van der Waals surface area contributed by atoms with Crippen LogP contribution in [0.1, 0.15) is 25.7 Å². The minimum absolute atomic E-state index is 0.0255. The Hall–Kier alpha value is -1.05. The molecule has 0 radical (unpaired) electrons. The van der Waals surface area contributed by atoms with Crippen LogP contribution in [-0.2, 0) is 9.53 Å². The van der Waals surface area contributed by atoms with Crippen molar-refractivity contribution in [1.82, 2.24) is 0 Å². The van der Waals surface area contributed by atoms with E-state index in [9.17, 15) is 4.79 Å². The molecule has 1 rings (SSSR count). The summed E-state index contributed by atoms with van der Waals surface area (Å²) < 4.78 is 4.76. The van der Waals surface area contributed by atoms with E-state index in [0.717, 1.165) is 19.3 Å². The molecule has 0 spiro atoms. The van der Waals surface area contributed by atoms with Crippen LogP contribution >= 0.6 is 0 Å². The summed E-state index contributed by atoms with van der Waals surface area (Å²) in [7, 11) is 0. The third-order valence-corrected chi connectivity index (χ3v) is 1.45. The Balaban J connectivity index is 0.000000261. The molecule has 0 aliphatic carbocycles. The monoisotopic (exact) mass is 168 g/mol. The van der Waals surface area contributed by atoms with Gasteiger partial charge in [0.2, 0.25) is 0 Å². The molecule has 0 unspecified atom stereocenters. The number of cyclic esters (lactones) is 1. The van der Waals surface area contributed by atoms with Gasteiger partial charge in [0.15, 0.2) is 0 Å². The van der Waals surface area contributed by atoms with Crippen LogP contribution in [0, 0.1) is 0 Å². The van der Waals surface area contributed by atoms with Crippen molar-refractivity contribution in [2.75, 3.05) is 6.61 Å². The molecule has 0 bridgehead atoms. The highest BCUT2D eigenvalue weighted by Gasteiger charge is 2.05. The molecule has 0 aromatic heterocycles. The Morgan fingerprint density at radius 2 is 1.83 bits per heavy atom. The van der Waals surface area contributed by atoms with E-state index in [2.05, 4.69) is 13.2 Å². The quantitative estimate of drug-likeness (QED) is 0.444. The summed E-state index contributed by atoms with van der Waals surface area (Å²) in [5.74, 6) is -0.0255. The Labute approximate surface area is 73.9 Å². The summed E-state index contributed by atoms with van der Waals surface area (Å²) in [5, 5.41) is 0. The van der Waals surface area contributed by atoms with Crippen molar-refractivity contribution in [1.29, 1.82) is 0 Å². The van der Waals surface area contributed by atoms with Gasteiger partial charge in [-0.2, -0.15) is 0 Å². The first-order valence-electron chi connectivity index (χ1n) is 4.20. The van der Waals surface area contributed by atoms with E-state index in [4.69, 9.17) is 4.74 Å². The molecule has 68 valence electrons. The summed E-state index contributed by atoms with van der Waals surface area (Å²) in [5.41, 5.74) is 0. The first kappa shape index (κ1) is 11.0. The van der Waals surface area contributed by atoms with Crippen molar-refractivity contribution in [3.05, 3.63) is 25.3 Å². The number of carbonyl (C=O) groups excluding carboxylic acids is 1. The highest BCUT2D eigenvalue weighted by molar-refractivity contribution is 5.69. The maximum absolute atomic E-state index is 10.5. The highest BCUT2D eigenvalue weighted by atomic mass is 16.5. The van der Waals surface area contributed by atoms with Gasteiger partial charge in [0, 0.05) is 6.42 Å². The molecule has 0 amide bonds. The topological polar surface area (TPSA) is 26.3 Å². The summed E-state index contributed by atoms with van der Waals surface area (Å²) in [4.78, 5) is 10.5. The van der Waals surface area contributed by atoms with Crippen LogP contribution in [0.4, 0.5) is 0 Å². The van der Waals surface area contributed by atoms with E-state index >= 15 is 0 Å². The number of hydrogen-bond donors (Lipinski definition) is 0. The van der Waals surface area contributed by atoms with E-state index in [1.807, 2.05) is 0 Å². The molecule has 2 nitrogen and oxygen atoms in total. The minimum Gasteiger partial charge on any atom is -0.466 e. The predicted octanol–water partition coefficient (Wildman–Crippen LogP) is 2.46. The van der Waals surface area contributed by atoms with E-state index in [0.29, 0.717) is 13.0 Å². The van der Waals surface area contributed by atoms with Gasteiger partial charge in [-0.3, -0.25) is 4.79 Å². The number of allylic oxidation sites excluding steroid dienone is 2. The fourth-order valence-corrected chi connectivity index (χ4v) is 0.806. The fourth-order valence-electron chi connectivity index (χ4n) is 0.806. The Bertz CT molecular complexity index is 134. The lowest BCUT2D eigenvalue weighted by atomic mass is 10.2. The van der Waals surface area contributed by atoms with Crippen molar-refractivity contribution in [2.24, 2.45) is 0 Å². The van der Waals surface area contributed by atoms with Crippen molar-refractivity contribution in [2.45, 2.75) is 25.7 Å². The van der Waals surface area contributed by atoms with Crippen LogP contribution in [0.5, 0.6) is 0 Å². The summed E-state index contributed by atoms with van der Waals surface area (Å²) >= 11 is 0. The Morgan fingerprint density at radius 1 is 1.17 bits per heavy atom. The van der Waals surface area contributed by atoms with Crippen molar-refractivity contribution in [3.8, 4) is 0 Å². The van der Waals surface area contributed by atoms with Crippen LogP contribution in [0.25, 0.3) is 0 Å². The molecule has 1 aliphatic rings. The average Bonchev–Trinajstić information content (AvgIpc) is 2.33. The molecule has 2 heteroatoms. The standard InChI is InChI=1S/C6H10O2.C4H6/c7-6-4-2-1-3-5-8-6;1-3-4-2/h1-5H2;3-4H,1-2H2. The van der Waals surface area contributed by atoms with Crippen LogP contribution in [0.2, 0.25) is 0 Å². The predicted molar refractivity (Wildman–Crippen MR) is 49.8 cm³/mol. The van der Waals surface area contributed by atoms with Crippen LogP contribution in [-0.4, -0.2) is 12.6 Å². The first-order chi connectivity index (χ1) is 5.81. The maximum atomic E-state index is 10.5. The van der Waals surface area contributed by atoms with Gasteiger partial charge in [-0.15, -0.1) is 0 Å². The molecule has 12 heavy (non-hydrogen) atoms. The molecule has 0 N–H and O–H groups in total. The Kier molecular flexibility index (Phi) is 7.35. The lowest BCUT2D eigenvalue weighted by molar-refractivity contribution is -0.142. The second-order valence-electron chi connectivity index (χ2n) is 2.50. The largest absolute Gasteiger partial charge is 0.466 e. The molecule has 0 aromatic carbocycles. The molecule has 1 heterocycles. The van der Waals surface area contributed by atoms with Gasteiger partial charge in [-0.1, -0.05) is 25.3 Å². The molecule has 1 aliphatic heterocycles. The van der Waals surface area contributed by atoms with Crippen molar-refractivity contribution in [3.63, 3.8) is 0 Å². The number of carbonyl (C=O) groups is 1. The molecule has 0 saturated carbocycles. The van der Waals surface area contributed by atoms with Gasteiger partial charge in [-0.05, 0) is 19.3 Å². The smallest absolute Gasteiger partial charge is 0.305 e. The van der Waals surface area contributed by atoms with Crippen LogP contribution in [0.3, 0.4) is 0 Å². The maximum Gasteiger partial charge on any atom is 0.305 e. The Morgan fingerprint density at radius 3 is 2.42 bits per heavy atom. The molecule has 1 fully saturated rings. The zero-order valence-corrected chi connectivity index (χ0v) is 7.42. The summed E-state index contributed by atoms with van der Waals surface area (Å²) in [6, 6.07) is 0. The second-order valence-corrected chi connectivity index (χ2v) is 2.50. The highest BCUT2D eigenvalue weighted by Crippen LogP contribution is 2.06. The van der Waals surface area contributed by atoms with Crippen LogP contribution < -0.4 is 0 Å². The van der Waals surface area contributed by atoms with E-state index in [1.54, 1.807) is 12.2 Å². The zero-order valence-electron chi connectivity index (χ0n) is 7.42. The van der Waals surface area contributed by atoms with E-state index in [-0.39, 0.29) is 5.97 Å². The normalized spacial score (nSPS) is 16.2. The number of hydrogen-bond acceptors (Lipinski definition) is 2. The first-order valence-corrected chi connectivity index (χ1v) is 4.20. The van der Waals surface area contributed by atoms with Gasteiger partial charge in [0.25, 0.3) is 0 Å². The third-order valence-electron chi connectivity index (χ3n) is 1.45. The van der Waals surface area contributed by atoms with Gasteiger partial charge < -0.3 is 4.74 Å². The van der Waals surface area contributed by atoms with Gasteiger partial charge >= 0.3 is 5.97 Å². The molecule has 0 aromatic rings. The van der Waals surface area contributed by atoms with Gasteiger partial charge in [0.05, 0.1) is 6.61 Å². The van der Waals surface area contributed by atoms with E-state index in [1.165, 1.54) is 0 Å². The van der Waals surface area contributed by atoms with Gasteiger partial charge in [-0.25, -0.2) is 0 Å². The number of esters is 1. The average molecular weight is 168 g/mol. The van der Waals surface area contributed by atoms with Crippen molar-refractivity contribution >= 4 is 5.97 Å². The molecule has 1 saturated heterocycles. The molecular weight excluding hydrogens is 152 g/mol. The van der Waals surface area contributed by atoms with Gasteiger partial charge in [0.1, 0.15) is 0 Å². The summed E-state index contributed by atoms with van der Waals surface area (Å²) in [6.45, 7) is 7.36. The van der Waals surface area contributed by atoms with Crippen molar-refractivity contribution < 1.29 is 9.53 Å². The second kappa shape index (κ2) is 8.05.